The summed E-state index contributed by atoms with van der Waals surface area (Å²) >= 11 is 14.2. The lowest BCUT2D eigenvalue weighted by Crippen LogP contribution is -2.04. The molecule has 4 nitrogen and oxygen atoms in total. The molecule has 0 radical (unpaired) electrons. The summed E-state index contributed by atoms with van der Waals surface area (Å²) in [7, 11) is 0. The molecule has 1 aliphatic heterocycles. The molecule has 1 fully saturated rings. The van der Waals surface area contributed by atoms with Gasteiger partial charge >= 0.3 is 5.70 Å². The van der Waals surface area contributed by atoms with Crippen molar-refractivity contribution in [1.29, 1.82) is 0 Å². The lowest BCUT2D eigenvalue weighted by molar-refractivity contribution is -0.421. The van der Waals surface area contributed by atoms with Crippen LogP contribution in [0.1, 0.15) is 5.56 Å². The van der Waals surface area contributed by atoms with Gasteiger partial charge in [0.15, 0.2) is 0 Å². The molecule has 21 heavy (non-hydrogen) atoms. The van der Waals surface area contributed by atoms with Crippen molar-refractivity contribution in [3.63, 3.8) is 0 Å². The predicted molar refractivity (Wildman–Crippen MR) is 88.2 cm³/mol. The molecule has 0 bridgehead atoms. The van der Waals surface area contributed by atoms with Crippen LogP contribution in [0.3, 0.4) is 0 Å². The fraction of sp³-hybridized carbons (Fsp3) is 0.231. The zero-order valence-corrected chi connectivity index (χ0v) is 14.1. The maximum atomic E-state index is 11.4. The van der Waals surface area contributed by atoms with Crippen LogP contribution in [-0.2, 0) is 4.74 Å². The molecule has 1 aromatic carbocycles. The highest BCUT2D eigenvalue weighted by atomic mass is 35.5. The Morgan fingerprint density at radius 1 is 1.38 bits per heavy atom. The number of hydrogen-bond acceptors (Lipinski definition) is 5. The van der Waals surface area contributed by atoms with Crippen LogP contribution in [0, 0.1) is 17.0 Å². The molecule has 1 aliphatic rings. The number of nitrogens with zero attached hydrogens (tertiary/aromatic N) is 1. The van der Waals surface area contributed by atoms with E-state index in [0.29, 0.717) is 12.4 Å². The Balaban J connectivity index is 2.38. The Hall–Kier alpha value is -0.820. The van der Waals surface area contributed by atoms with Gasteiger partial charge in [-0.05, 0) is 19.1 Å². The lowest BCUT2D eigenvalue weighted by atomic mass is 10.2. The highest BCUT2D eigenvalue weighted by Gasteiger charge is 2.31. The van der Waals surface area contributed by atoms with Crippen LogP contribution in [0.4, 0.5) is 0 Å². The van der Waals surface area contributed by atoms with Crippen molar-refractivity contribution < 1.29 is 9.66 Å². The molecule has 0 N–H and O–H groups in total. The summed E-state index contributed by atoms with van der Waals surface area (Å²) in [5.41, 5.74) is 0.924. The highest BCUT2D eigenvalue weighted by molar-refractivity contribution is 8.04. The molecular weight excluding hydrogens is 353 g/mol. The second-order valence-corrected chi connectivity index (χ2v) is 7.20. The summed E-state index contributed by atoms with van der Waals surface area (Å²) in [5.74, 6) is 0.676. The summed E-state index contributed by atoms with van der Waals surface area (Å²) in [4.78, 5) is 11.9. The van der Waals surface area contributed by atoms with E-state index in [-0.39, 0.29) is 20.2 Å². The fourth-order valence-electron chi connectivity index (χ4n) is 1.60. The van der Waals surface area contributed by atoms with Crippen LogP contribution in [0.5, 0.6) is 0 Å². The molecule has 0 amide bonds. The smallest absolute Gasteiger partial charge is 0.333 e. The van der Waals surface area contributed by atoms with Crippen molar-refractivity contribution >= 4 is 46.7 Å². The molecule has 2 rings (SSSR count). The van der Waals surface area contributed by atoms with Crippen molar-refractivity contribution in [1.82, 2.24) is 0 Å². The number of ether oxygens (including phenoxy) is 1. The Bertz CT molecular complexity index is 602. The third-order valence-corrected chi connectivity index (χ3v) is 5.21. The van der Waals surface area contributed by atoms with Gasteiger partial charge in [0, 0.05) is 10.6 Å². The molecule has 1 heterocycles. The number of halogens is 2. The SMILES string of the molecule is Cc1ccc(SC(=C(Cl)Cl)/C(=C2/OCCS2)[N+](=O)[O-])cc1. The minimum absolute atomic E-state index is 0.143. The summed E-state index contributed by atoms with van der Waals surface area (Å²) in [5, 5.41) is 11.6. The summed E-state index contributed by atoms with van der Waals surface area (Å²) < 4.78 is 5.16. The number of benzene rings is 1. The quantitative estimate of drug-likeness (QED) is 0.430. The molecular formula is C13H11Cl2NO3S2. The minimum Gasteiger partial charge on any atom is -0.481 e. The van der Waals surface area contributed by atoms with E-state index in [1.54, 1.807) is 0 Å². The normalized spacial score (nSPS) is 16.3. The maximum absolute atomic E-state index is 11.4. The van der Waals surface area contributed by atoms with Crippen LogP contribution in [0.25, 0.3) is 0 Å². The van der Waals surface area contributed by atoms with Gasteiger partial charge in [-0.15, -0.1) is 0 Å². The molecule has 112 valence electrons. The van der Waals surface area contributed by atoms with Gasteiger partial charge in [0.25, 0.3) is 0 Å². The van der Waals surface area contributed by atoms with Gasteiger partial charge in [-0.1, -0.05) is 64.4 Å². The van der Waals surface area contributed by atoms with Crippen LogP contribution in [0.15, 0.2) is 49.3 Å². The Labute approximate surface area is 140 Å². The summed E-state index contributed by atoms with van der Waals surface area (Å²) in [6, 6.07) is 7.56. The highest BCUT2D eigenvalue weighted by Crippen LogP contribution is 2.41. The molecule has 0 spiro atoms. The standard InChI is InChI=1S/C13H11Cl2NO3S2/c1-8-2-4-9(5-3-8)21-11(12(14)15)10(16(17)18)13-19-6-7-20-13/h2-5H,6-7H2,1H3/b13-10+. The predicted octanol–water partition coefficient (Wildman–Crippen LogP) is 4.94. The Morgan fingerprint density at radius 3 is 2.52 bits per heavy atom. The Kier molecular flexibility index (Phi) is 5.87. The van der Waals surface area contributed by atoms with Crippen LogP contribution >= 0.6 is 46.7 Å². The molecule has 0 aliphatic carbocycles. The number of nitro groups is 1. The lowest BCUT2D eigenvalue weighted by Gasteiger charge is -2.07. The summed E-state index contributed by atoms with van der Waals surface area (Å²) in [6.07, 6.45) is 0. The molecule has 0 atom stereocenters. The van der Waals surface area contributed by atoms with Gasteiger partial charge in [0.05, 0.1) is 11.5 Å². The fourth-order valence-corrected chi connectivity index (χ4v) is 3.75. The van der Waals surface area contributed by atoms with E-state index >= 15 is 0 Å². The van der Waals surface area contributed by atoms with Crippen molar-refractivity contribution in [2.24, 2.45) is 0 Å². The largest absolute Gasteiger partial charge is 0.481 e. The van der Waals surface area contributed by atoms with Gasteiger partial charge in [0.2, 0.25) is 5.09 Å². The zero-order chi connectivity index (χ0) is 15.4. The first kappa shape index (κ1) is 16.5. The second kappa shape index (κ2) is 7.45. The van der Waals surface area contributed by atoms with Gasteiger partial charge < -0.3 is 4.74 Å². The minimum atomic E-state index is -0.505. The van der Waals surface area contributed by atoms with E-state index in [4.69, 9.17) is 27.9 Å². The van der Waals surface area contributed by atoms with Gasteiger partial charge in [-0.2, -0.15) is 0 Å². The second-order valence-electron chi connectivity index (χ2n) is 4.09. The average Bonchev–Trinajstić information content (AvgIpc) is 2.93. The van der Waals surface area contributed by atoms with E-state index in [0.717, 1.165) is 22.2 Å². The van der Waals surface area contributed by atoms with Crippen LogP contribution in [-0.4, -0.2) is 17.3 Å². The average molecular weight is 364 g/mol. The molecule has 8 heteroatoms. The number of thioether (sulfide) groups is 2. The van der Waals surface area contributed by atoms with Crippen molar-refractivity contribution in [2.75, 3.05) is 12.4 Å². The number of hydrogen-bond donors (Lipinski definition) is 0. The number of rotatable bonds is 4. The van der Waals surface area contributed by atoms with Crippen molar-refractivity contribution in [2.45, 2.75) is 11.8 Å². The van der Waals surface area contributed by atoms with Crippen LogP contribution < -0.4 is 0 Å². The van der Waals surface area contributed by atoms with Gasteiger partial charge in [0.1, 0.15) is 9.40 Å². The van der Waals surface area contributed by atoms with E-state index in [1.807, 2.05) is 31.2 Å². The molecule has 0 aromatic heterocycles. The van der Waals surface area contributed by atoms with Crippen LogP contribution in [0.2, 0.25) is 0 Å². The van der Waals surface area contributed by atoms with Gasteiger partial charge in [-0.25, -0.2) is 0 Å². The van der Waals surface area contributed by atoms with Gasteiger partial charge in [-0.3, -0.25) is 10.1 Å². The molecule has 0 unspecified atom stereocenters. The van der Waals surface area contributed by atoms with E-state index in [9.17, 15) is 10.1 Å². The van der Waals surface area contributed by atoms with E-state index in [2.05, 4.69) is 0 Å². The monoisotopic (exact) mass is 363 g/mol. The van der Waals surface area contributed by atoms with Crippen molar-refractivity contribution in [3.8, 4) is 0 Å². The number of aryl methyl sites for hydroxylation is 1. The summed E-state index contributed by atoms with van der Waals surface area (Å²) in [6.45, 7) is 2.41. The maximum Gasteiger partial charge on any atom is 0.333 e. The Morgan fingerprint density at radius 2 is 2.05 bits per heavy atom. The first-order valence-electron chi connectivity index (χ1n) is 5.93. The molecule has 1 aromatic rings. The van der Waals surface area contributed by atoms with E-state index in [1.165, 1.54) is 11.8 Å². The van der Waals surface area contributed by atoms with Crippen molar-refractivity contribution in [3.05, 3.63) is 60.1 Å². The van der Waals surface area contributed by atoms with E-state index < -0.39 is 4.92 Å². The first-order chi connectivity index (χ1) is 9.99. The third-order valence-electron chi connectivity index (χ3n) is 2.55. The first-order valence-corrected chi connectivity index (χ1v) is 8.49. The third kappa shape index (κ3) is 4.32. The zero-order valence-electron chi connectivity index (χ0n) is 11.0. The molecule has 1 saturated heterocycles. The topological polar surface area (TPSA) is 52.4 Å². The molecule has 0 saturated carbocycles.